The molecule has 0 aliphatic carbocycles. The van der Waals surface area contributed by atoms with Gasteiger partial charge < -0.3 is 10.5 Å². The second-order valence-corrected chi connectivity index (χ2v) is 6.00. The van der Waals surface area contributed by atoms with Crippen LogP contribution in [0, 0.1) is 5.92 Å². The highest BCUT2D eigenvalue weighted by molar-refractivity contribution is 8.00. The van der Waals surface area contributed by atoms with E-state index in [1.54, 1.807) is 0 Å². The number of nitrogen functional groups attached to an aromatic ring is 1. The molecular weight excluding hydrogens is 230 g/mol. The molecule has 0 radical (unpaired) electrons. The van der Waals surface area contributed by atoms with Crippen molar-refractivity contribution in [2.45, 2.75) is 44.3 Å². The second-order valence-electron chi connectivity index (χ2n) is 4.58. The maximum Gasteiger partial charge on any atom is 0.143 e. The number of hydrogen-bond acceptors (Lipinski definition) is 3. The van der Waals surface area contributed by atoms with Gasteiger partial charge in [-0.05, 0) is 24.5 Å². The van der Waals surface area contributed by atoms with E-state index in [4.69, 9.17) is 10.5 Å². The molecule has 0 saturated heterocycles. The second kappa shape index (κ2) is 6.80. The van der Waals surface area contributed by atoms with Gasteiger partial charge in [-0.1, -0.05) is 33.8 Å². The molecule has 0 aromatic heterocycles. The van der Waals surface area contributed by atoms with Gasteiger partial charge >= 0.3 is 0 Å². The largest absolute Gasteiger partial charge is 0.491 e. The zero-order valence-electron chi connectivity index (χ0n) is 11.2. The van der Waals surface area contributed by atoms with Gasteiger partial charge in [0.1, 0.15) is 5.75 Å². The summed E-state index contributed by atoms with van der Waals surface area (Å²) < 4.78 is 5.63. The Morgan fingerprint density at radius 1 is 1.29 bits per heavy atom. The molecule has 96 valence electrons. The third-order valence-corrected chi connectivity index (χ3v) is 4.27. The average Bonchev–Trinajstić information content (AvgIpc) is 2.30. The van der Waals surface area contributed by atoms with Crippen LogP contribution >= 0.6 is 11.8 Å². The number of anilines is 1. The van der Waals surface area contributed by atoms with Crippen LogP contribution in [-0.4, -0.2) is 11.9 Å². The van der Waals surface area contributed by atoms with E-state index in [-0.39, 0.29) is 0 Å². The smallest absolute Gasteiger partial charge is 0.143 e. The fourth-order valence-corrected chi connectivity index (χ4v) is 2.36. The highest BCUT2D eigenvalue weighted by atomic mass is 32.2. The van der Waals surface area contributed by atoms with Gasteiger partial charge in [-0.2, -0.15) is 0 Å². The van der Waals surface area contributed by atoms with Crippen LogP contribution in [0.2, 0.25) is 0 Å². The minimum absolute atomic E-state index is 0.554. The van der Waals surface area contributed by atoms with Gasteiger partial charge in [0.2, 0.25) is 0 Å². The summed E-state index contributed by atoms with van der Waals surface area (Å²) in [6.07, 6.45) is 0.999. The SMILES string of the molecule is CCCOc1cccc(SC(C)C(C)C)c1N. The molecule has 0 saturated carbocycles. The summed E-state index contributed by atoms with van der Waals surface area (Å²) in [6.45, 7) is 9.50. The number of rotatable bonds is 6. The first kappa shape index (κ1) is 14.2. The number of hydrogen-bond donors (Lipinski definition) is 1. The summed E-state index contributed by atoms with van der Waals surface area (Å²) in [6, 6.07) is 6.02. The van der Waals surface area contributed by atoms with Crippen LogP contribution in [0.4, 0.5) is 5.69 Å². The van der Waals surface area contributed by atoms with Crippen LogP contribution < -0.4 is 10.5 Å². The lowest BCUT2D eigenvalue weighted by molar-refractivity contribution is 0.318. The molecule has 2 N–H and O–H groups in total. The summed E-state index contributed by atoms with van der Waals surface area (Å²) in [7, 11) is 0. The lowest BCUT2D eigenvalue weighted by Crippen LogP contribution is -2.06. The van der Waals surface area contributed by atoms with E-state index in [0.717, 1.165) is 29.4 Å². The first-order chi connectivity index (χ1) is 8.06. The molecular formula is C14H23NOS. The molecule has 0 spiro atoms. The molecule has 17 heavy (non-hydrogen) atoms. The Kier molecular flexibility index (Phi) is 5.69. The highest BCUT2D eigenvalue weighted by Crippen LogP contribution is 2.36. The number of thioether (sulfide) groups is 1. The monoisotopic (exact) mass is 253 g/mol. The van der Waals surface area contributed by atoms with E-state index in [0.29, 0.717) is 11.2 Å². The molecule has 0 amide bonds. The summed E-state index contributed by atoms with van der Waals surface area (Å²) in [5.41, 5.74) is 6.90. The van der Waals surface area contributed by atoms with Gasteiger partial charge in [0.25, 0.3) is 0 Å². The lowest BCUT2D eigenvalue weighted by atomic mass is 10.2. The minimum atomic E-state index is 0.554. The number of benzene rings is 1. The third-order valence-electron chi connectivity index (χ3n) is 2.74. The number of nitrogens with two attached hydrogens (primary N) is 1. The fourth-order valence-electron chi connectivity index (χ4n) is 1.30. The lowest BCUT2D eigenvalue weighted by Gasteiger charge is -2.17. The van der Waals surface area contributed by atoms with E-state index in [2.05, 4.69) is 33.8 Å². The summed E-state index contributed by atoms with van der Waals surface area (Å²) in [5, 5.41) is 0.554. The Labute approximate surface area is 109 Å². The van der Waals surface area contributed by atoms with E-state index in [1.165, 1.54) is 0 Å². The van der Waals surface area contributed by atoms with Crippen LogP contribution in [0.1, 0.15) is 34.1 Å². The van der Waals surface area contributed by atoms with Crippen molar-refractivity contribution in [3.63, 3.8) is 0 Å². The van der Waals surface area contributed by atoms with Crippen molar-refractivity contribution < 1.29 is 4.74 Å². The van der Waals surface area contributed by atoms with Gasteiger partial charge in [-0.15, -0.1) is 11.8 Å². The zero-order valence-corrected chi connectivity index (χ0v) is 12.0. The van der Waals surface area contributed by atoms with Crippen LogP contribution in [0.15, 0.2) is 23.1 Å². The Hall–Kier alpha value is -0.830. The molecule has 1 rings (SSSR count). The normalized spacial score (nSPS) is 12.8. The zero-order chi connectivity index (χ0) is 12.8. The van der Waals surface area contributed by atoms with Crippen molar-refractivity contribution in [3.8, 4) is 5.75 Å². The van der Waals surface area contributed by atoms with Crippen molar-refractivity contribution in [2.24, 2.45) is 5.92 Å². The van der Waals surface area contributed by atoms with E-state index < -0.39 is 0 Å². The van der Waals surface area contributed by atoms with Crippen molar-refractivity contribution >= 4 is 17.4 Å². The van der Waals surface area contributed by atoms with Crippen LogP contribution in [0.3, 0.4) is 0 Å². The fraction of sp³-hybridized carbons (Fsp3) is 0.571. The average molecular weight is 253 g/mol. The molecule has 0 heterocycles. The molecule has 1 atom stereocenters. The van der Waals surface area contributed by atoms with Crippen molar-refractivity contribution in [1.82, 2.24) is 0 Å². The van der Waals surface area contributed by atoms with Crippen molar-refractivity contribution in [3.05, 3.63) is 18.2 Å². The molecule has 1 aromatic rings. The molecule has 2 nitrogen and oxygen atoms in total. The first-order valence-electron chi connectivity index (χ1n) is 6.24. The van der Waals surface area contributed by atoms with Crippen molar-refractivity contribution in [1.29, 1.82) is 0 Å². The molecule has 0 bridgehead atoms. The Bertz CT molecular complexity index is 352. The Balaban J connectivity index is 2.79. The van der Waals surface area contributed by atoms with Crippen LogP contribution in [-0.2, 0) is 0 Å². The van der Waals surface area contributed by atoms with Gasteiger partial charge in [0.05, 0.1) is 12.3 Å². The predicted octanol–water partition coefficient (Wildman–Crippen LogP) is 4.19. The van der Waals surface area contributed by atoms with Crippen molar-refractivity contribution in [2.75, 3.05) is 12.3 Å². The van der Waals surface area contributed by atoms with Gasteiger partial charge in [0.15, 0.2) is 0 Å². The summed E-state index contributed by atoms with van der Waals surface area (Å²) >= 11 is 1.82. The van der Waals surface area contributed by atoms with E-state index in [9.17, 15) is 0 Å². The summed E-state index contributed by atoms with van der Waals surface area (Å²) in [4.78, 5) is 1.12. The van der Waals surface area contributed by atoms with Gasteiger partial charge in [-0.3, -0.25) is 0 Å². The maximum atomic E-state index is 6.13. The standard InChI is InChI=1S/C14H23NOS/c1-5-9-16-12-7-6-8-13(14(12)15)17-11(4)10(2)3/h6-8,10-11H,5,9,15H2,1-4H3. The molecule has 1 aromatic carbocycles. The van der Waals surface area contributed by atoms with Crippen LogP contribution in [0.5, 0.6) is 5.75 Å². The number of ether oxygens (including phenoxy) is 1. The first-order valence-corrected chi connectivity index (χ1v) is 7.12. The summed E-state index contributed by atoms with van der Waals surface area (Å²) in [5.74, 6) is 1.45. The number of para-hydroxylation sites is 1. The molecule has 0 aliphatic heterocycles. The Morgan fingerprint density at radius 2 is 2.00 bits per heavy atom. The molecule has 3 heteroatoms. The maximum absolute atomic E-state index is 6.13. The van der Waals surface area contributed by atoms with E-state index in [1.807, 2.05) is 23.9 Å². The van der Waals surface area contributed by atoms with Gasteiger partial charge in [-0.25, -0.2) is 0 Å². The third kappa shape index (κ3) is 4.15. The van der Waals surface area contributed by atoms with Gasteiger partial charge in [0, 0.05) is 10.1 Å². The minimum Gasteiger partial charge on any atom is -0.491 e. The van der Waals surface area contributed by atoms with E-state index >= 15 is 0 Å². The molecule has 0 fully saturated rings. The Morgan fingerprint density at radius 3 is 2.59 bits per heavy atom. The topological polar surface area (TPSA) is 35.2 Å². The molecule has 1 unspecified atom stereocenters. The van der Waals surface area contributed by atoms with Crippen LogP contribution in [0.25, 0.3) is 0 Å². The quantitative estimate of drug-likeness (QED) is 0.610. The molecule has 0 aliphatic rings. The predicted molar refractivity (Wildman–Crippen MR) is 76.8 cm³/mol. The highest BCUT2D eigenvalue weighted by Gasteiger charge is 2.12.